The molecule has 6 heteroatoms. The first kappa shape index (κ1) is 14.4. The van der Waals surface area contributed by atoms with E-state index < -0.39 is 11.7 Å². The van der Waals surface area contributed by atoms with E-state index in [0.717, 1.165) is 11.6 Å². The van der Waals surface area contributed by atoms with Crippen LogP contribution in [0.25, 0.3) is 0 Å². The Labute approximate surface area is 121 Å². The van der Waals surface area contributed by atoms with Crippen LogP contribution >= 0.6 is 0 Å². The van der Waals surface area contributed by atoms with Gasteiger partial charge in [-0.15, -0.1) is 0 Å². The molecular weight excluding hydrogens is 281 g/mol. The zero-order valence-electron chi connectivity index (χ0n) is 11.8. The molecule has 3 nitrogen and oxygen atoms in total. The Kier molecular flexibility index (Phi) is 3.43. The molecule has 0 aromatic heterocycles. The maximum absolute atomic E-state index is 13.0. The number of nitrogens with zero attached hydrogens (tertiary/aromatic N) is 1. The number of carbonyl (C=O) groups excluding carboxylic acids is 1. The van der Waals surface area contributed by atoms with Gasteiger partial charge in [0.1, 0.15) is 0 Å². The van der Waals surface area contributed by atoms with Gasteiger partial charge in [-0.3, -0.25) is 4.79 Å². The summed E-state index contributed by atoms with van der Waals surface area (Å²) in [5.74, 6) is -0.261. The van der Waals surface area contributed by atoms with Gasteiger partial charge < -0.3 is 10.2 Å². The number of alkyl halides is 3. The van der Waals surface area contributed by atoms with Gasteiger partial charge in [0.2, 0.25) is 0 Å². The highest BCUT2D eigenvalue weighted by Gasteiger charge is 2.38. The van der Waals surface area contributed by atoms with Crippen LogP contribution in [0.1, 0.15) is 34.0 Å². The second-order valence-electron chi connectivity index (χ2n) is 5.57. The van der Waals surface area contributed by atoms with Gasteiger partial charge in [-0.1, -0.05) is 6.92 Å². The van der Waals surface area contributed by atoms with E-state index in [9.17, 15) is 18.0 Å². The Balaban J connectivity index is 2.11. The fourth-order valence-corrected chi connectivity index (χ4v) is 3.24. The van der Waals surface area contributed by atoms with Gasteiger partial charge in [0.25, 0.3) is 5.91 Å². The maximum atomic E-state index is 13.0. The number of hydrogen-bond donors (Lipinski definition) is 1. The second-order valence-corrected chi connectivity index (χ2v) is 5.57. The van der Waals surface area contributed by atoms with Gasteiger partial charge in [0.15, 0.2) is 0 Å². The molecule has 21 heavy (non-hydrogen) atoms. The third-order valence-corrected chi connectivity index (χ3v) is 4.33. The topological polar surface area (TPSA) is 32.3 Å². The van der Waals surface area contributed by atoms with Gasteiger partial charge in [0, 0.05) is 31.2 Å². The lowest BCUT2D eigenvalue weighted by atomic mass is 9.86. The molecule has 0 aliphatic carbocycles. The van der Waals surface area contributed by atoms with E-state index in [1.807, 2.05) is 6.92 Å². The zero-order valence-corrected chi connectivity index (χ0v) is 11.8. The van der Waals surface area contributed by atoms with Crippen LogP contribution in [0.5, 0.6) is 0 Å². The molecule has 1 amide bonds. The van der Waals surface area contributed by atoms with Crippen LogP contribution in [-0.2, 0) is 19.0 Å². The number of benzene rings is 1. The summed E-state index contributed by atoms with van der Waals surface area (Å²) in [5, 5.41) is 3.23. The molecule has 1 aromatic rings. The minimum Gasteiger partial charge on any atom is -0.333 e. The van der Waals surface area contributed by atoms with Gasteiger partial charge in [-0.2, -0.15) is 13.2 Å². The molecule has 1 atom stereocenters. The molecule has 3 rings (SSSR count). The second kappa shape index (κ2) is 5.02. The van der Waals surface area contributed by atoms with Gasteiger partial charge in [-0.25, -0.2) is 0 Å². The molecule has 2 aliphatic heterocycles. The minimum absolute atomic E-state index is 0.0563. The van der Waals surface area contributed by atoms with Crippen molar-refractivity contribution in [2.24, 2.45) is 0 Å². The van der Waals surface area contributed by atoms with Crippen LogP contribution in [0.2, 0.25) is 0 Å². The van der Waals surface area contributed by atoms with E-state index in [-0.39, 0.29) is 17.5 Å². The number of carbonyl (C=O) groups is 1. The Bertz CT molecular complexity index is 583. The highest BCUT2D eigenvalue weighted by molar-refractivity contribution is 5.97. The predicted molar refractivity (Wildman–Crippen MR) is 72.2 cm³/mol. The highest BCUT2D eigenvalue weighted by atomic mass is 19.4. The van der Waals surface area contributed by atoms with Crippen molar-refractivity contribution in [1.29, 1.82) is 0 Å². The van der Waals surface area contributed by atoms with E-state index in [1.54, 1.807) is 4.90 Å². The molecular formula is C15H17F3N2O. The summed E-state index contributed by atoms with van der Waals surface area (Å²) in [7, 11) is 0. The van der Waals surface area contributed by atoms with Crippen LogP contribution in [0.15, 0.2) is 12.1 Å². The van der Waals surface area contributed by atoms with Gasteiger partial charge in [0.05, 0.1) is 5.56 Å². The summed E-state index contributed by atoms with van der Waals surface area (Å²) < 4.78 is 39.0. The maximum Gasteiger partial charge on any atom is 0.416 e. The SMILES string of the molecule is CCc1cc(C(F)(F)F)cc2c1C[C@@H]1CNCCN1C2=O. The lowest BCUT2D eigenvalue weighted by Crippen LogP contribution is -2.57. The molecule has 2 heterocycles. The van der Waals surface area contributed by atoms with Crippen molar-refractivity contribution in [3.63, 3.8) is 0 Å². The van der Waals surface area contributed by atoms with E-state index in [0.29, 0.717) is 38.0 Å². The first-order valence-corrected chi connectivity index (χ1v) is 7.16. The minimum atomic E-state index is -4.42. The standard InChI is InChI=1S/C15H17F3N2O/c1-2-9-5-10(15(16,17)18)6-13-12(9)7-11-8-19-3-4-20(11)14(13)21/h5-6,11,19H,2-4,7-8H2,1H3/t11-/m1/s1. The van der Waals surface area contributed by atoms with Crippen LogP contribution in [0, 0.1) is 0 Å². The smallest absolute Gasteiger partial charge is 0.333 e. The molecule has 1 aromatic carbocycles. The summed E-state index contributed by atoms with van der Waals surface area (Å²) in [6.45, 7) is 3.78. The lowest BCUT2D eigenvalue weighted by molar-refractivity contribution is -0.137. The zero-order chi connectivity index (χ0) is 15.2. The van der Waals surface area contributed by atoms with Crippen LogP contribution in [0.3, 0.4) is 0 Å². The Morgan fingerprint density at radius 2 is 2.14 bits per heavy atom. The van der Waals surface area contributed by atoms with E-state index in [1.165, 1.54) is 6.07 Å². The molecule has 0 radical (unpaired) electrons. The van der Waals surface area contributed by atoms with Crippen LogP contribution in [0.4, 0.5) is 13.2 Å². The van der Waals surface area contributed by atoms with E-state index in [4.69, 9.17) is 0 Å². The van der Waals surface area contributed by atoms with Gasteiger partial charge >= 0.3 is 6.18 Å². The number of nitrogens with one attached hydrogen (secondary N) is 1. The summed E-state index contributed by atoms with van der Waals surface area (Å²) in [4.78, 5) is 14.2. The molecule has 2 aliphatic rings. The van der Waals surface area contributed by atoms with Crippen molar-refractivity contribution in [3.8, 4) is 0 Å². The van der Waals surface area contributed by atoms with Crippen molar-refractivity contribution < 1.29 is 18.0 Å². The van der Waals surface area contributed by atoms with Crippen molar-refractivity contribution in [1.82, 2.24) is 10.2 Å². The van der Waals surface area contributed by atoms with Crippen LogP contribution < -0.4 is 5.32 Å². The van der Waals surface area contributed by atoms with Crippen molar-refractivity contribution in [2.45, 2.75) is 32.0 Å². The summed E-state index contributed by atoms with van der Waals surface area (Å²) in [5.41, 5.74) is 0.943. The molecule has 114 valence electrons. The van der Waals surface area contributed by atoms with Gasteiger partial charge in [-0.05, 0) is 36.1 Å². The molecule has 0 bridgehead atoms. The van der Waals surface area contributed by atoms with Crippen molar-refractivity contribution in [2.75, 3.05) is 19.6 Å². The number of halogens is 3. The lowest BCUT2D eigenvalue weighted by Gasteiger charge is -2.41. The quantitative estimate of drug-likeness (QED) is 0.862. The molecule has 0 spiro atoms. The molecule has 0 saturated carbocycles. The summed E-state index contributed by atoms with van der Waals surface area (Å²) in [6.07, 6.45) is -3.28. The number of amides is 1. The van der Waals surface area contributed by atoms with E-state index in [2.05, 4.69) is 5.32 Å². The Morgan fingerprint density at radius 1 is 1.38 bits per heavy atom. The fraction of sp³-hybridized carbons (Fsp3) is 0.533. The first-order valence-electron chi connectivity index (χ1n) is 7.16. The molecule has 1 fully saturated rings. The third-order valence-electron chi connectivity index (χ3n) is 4.33. The monoisotopic (exact) mass is 298 g/mol. The summed E-state index contributed by atoms with van der Waals surface area (Å²) in [6, 6.07) is 2.27. The van der Waals surface area contributed by atoms with Crippen molar-refractivity contribution >= 4 is 5.91 Å². The number of rotatable bonds is 1. The van der Waals surface area contributed by atoms with Crippen molar-refractivity contribution in [3.05, 3.63) is 34.4 Å². The highest BCUT2D eigenvalue weighted by Crippen LogP contribution is 2.35. The fourth-order valence-electron chi connectivity index (χ4n) is 3.24. The number of aryl methyl sites for hydroxylation is 1. The average Bonchev–Trinajstić information content (AvgIpc) is 2.45. The van der Waals surface area contributed by atoms with E-state index >= 15 is 0 Å². The largest absolute Gasteiger partial charge is 0.416 e. The molecule has 0 unspecified atom stereocenters. The molecule has 1 saturated heterocycles. The summed E-state index contributed by atoms with van der Waals surface area (Å²) >= 11 is 0. The molecule has 1 N–H and O–H groups in total. The Hall–Kier alpha value is -1.56. The average molecular weight is 298 g/mol. The number of hydrogen-bond acceptors (Lipinski definition) is 2. The third kappa shape index (κ3) is 2.41. The number of fused-ring (bicyclic) bond motifs is 2. The first-order chi connectivity index (χ1) is 9.91. The normalized spacial score (nSPS) is 22.0. The Morgan fingerprint density at radius 3 is 2.81 bits per heavy atom. The number of piperazine rings is 1. The predicted octanol–water partition coefficient (Wildman–Crippen LogP) is 2.24. The van der Waals surface area contributed by atoms with Crippen LogP contribution in [-0.4, -0.2) is 36.5 Å².